The van der Waals surface area contributed by atoms with E-state index in [2.05, 4.69) is 39.7 Å². The molecule has 3 N–H and O–H groups in total. The maximum atomic E-state index is 12.9. The minimum absolute atomic E-state index is 0.0965. The topological polar surface area (TPSA) is 132 Å². The van der Waals surface area contributed by atoms with Crippen molar-refractivity contribution in [3.05, 3.63) is 37.7 Å². The predicted octanol–water partition coefficient (Wildman–Crippen LogP) is 0.902. The van der Waals surface area contributed by atoms with E-state index in [0.29, 0.717) is 52.3 Å². The first-order valence-corrected chi connectivity index (χ1v) is 13.0. The van der Waals surface area contributed by atoms with E-state index < -0.39 is 5.91 Å². The number of rotatable bonds is 8. The second kappa shape index (κ2) is 12.5. The number of piperidine rings is 1. The molecule has 1 aliphatic rings. The van der Waals surface area contributed by atoms with Gasteiger partial charge in [-0.1, -0.05) is 19.9 Å². The molecule has 1 aliphatic heterocycles. The first-order chi connectivity index (χ1) is 17.2. The highest BCUT2D eigenvalue weighted by atomic mass is 32.1. The third-order valence-corrected chi connectivity index (χ3v) is 6.92. The monoisotopic (exact) mass is 511 g/mol. The second-order valence-electron chi connectivity index (χ2n) is 9.05. The van der Waals surface area contributed by atoms with Gasteiger partial charge in [0.2, 0.25) is 5.91 Å². The number of aromatic nitrogens is 2. The molecule has 3 heterocycles. The molecule has 1 saturated heterocycles. The van der Waals surface area contributed by atoms with Gasteiger partial charge in [0.05, 0.1) is 6.54 Å². The third kappa shape index (κ3) is 6.80. The zero-order valence-corrected chi connectivity index (χ0v) is 21.9. The summed E-state index contributed by atoms with van der Waals surface area (Å²) >= 11 is 1.06. The zero-order valence-electron chi connectivity index (χ0n) is 21.1. The van der Waals surface area contributed by atoms with E-state index >= 15 is 0 Å². The molecule has 2 unspecified atom stereocenters. The average Bonchev–Trinajstić information content (AvgIpc) is 3.12. The van der Waals surface area contributed by atoms with Crippen molar-refractivity contribution in [3.8, 4) is 6.07 Å². The number of carbonyl (C=O) groups is 2. The van der Waals surface area contributed by atoms with Gasteiger partial charge in [0, 0.05) is 32.4 Å². The highest BCUT2D eigenvalue weighted by molar-refractivity contribution is 7.07. The van der Waals surface area contributed by atoms with Crippen LogP contribution in [0.3, 0.4) is 0 Å². The molecule has 11 heteroatoms. The van der Waals surface area contributed by atoms with Gasteiger partial charge in [0.15, 0.2) is 5.57 Å². The number of hydrogen-bond acceptors (Lipinski definition) is 8. The Labute approximate surface area is 214 Å². The molecule has 2 amide bonds. The molecule has 10 nitrogen and oxygen atoms in total. The highest BCUT2D eigenvalue weighted by Crippen LogP contribution is 2.20. The standard InChI is InChI=1S/C25H33N7O3S/c1-5-27-23(34)18(11-26)25-32(6-2)24(35)19(36-25)12-28-20-8-7-9-21(29-20)30-22(33)15-31-13-16(3)10-17(4)14-31/h7-9,12,16-17H,5-6,10,13-15H2,1-4H3,(H,27,34)(H2,28,29,30,33)/b19-12+,25-18-. The van der Waals surface area contributed by atoms with Gasteiger partial charge < -0.3 is 16.0 Å². The van der Waals surface area contributed by atoms with Crippen LogP contribution in [-0.4, -0.2) is 52.4 Å². The summed E-state index contributed by atoms with van der Waals surface area (Å²) in [7, 11) is 0. The van der Waals surface area contributed by atoms with Crippen LogP contribution in [0.1, 0.15) is 34.1 Å². The van der Waals surface area contributed by atoms with Gasteiger partial charge in [-0.15, -0.1) is 11.3 Å². The summed E-state index contributed by atoms with van der Waals surface area (Å²) in [6, 6.07) is 7.09. The summed E-state index contributed by atoms with van der Waals surface area (Å²) in [5.74, 6) is 1.36. The summed E-state index contributed by atoms with van der Waals surface area (Å²) in [6.07, 6.45) is 2.68. The number of hydrogen-bond donors (Lipinski definition) is 3. The number of amides is 2. The summed E-state index contributed by atoms with van der Waals surface area (Å²) in [6.45, 7) is 10.8. The summed E-state index contributed by atoms with van der Waals surface area (Å²) in [5.41, 5.74) is -0.405. The molecule has 2 aromatic heterocycles. The van der Waals surface area contributed by atoms with Gasteiger partial charge in [-0.3, -0.25) is 23.9 Å². The van der Waals surface area contributed by atoms with Gasteiger partial charge in [0.1, 0.15) is 26.9 Å². The van der Waals surface area contributed by atoms with E-state index in [4.69, 9.17) is 0 Å². The fraction of sp³-hybridized carbons (Fsp3) is 0.480. The van der Waals surface area contributed by atoms with E-state index in [1.807, 2.05) is 6.07 Å². The normalized spacial score (nSPS) is 19.4. The number of pyridine rings is 1. The number of thiazole rings is 1. The van der Waals surface area contributed by atoms with Crippen LogP contribution in [0.2, 0.25) is 0 Å². The predicted molar refractivity (Wildman–Crippen MR) is 142 cm³/mol. The number of nitrogens with one attached hydrogen (secondary N) is 3. The van der Waals surface area contributed by atoms with Gasteiger partial charge in [-0.2, -0.15) is 5.26 Å². The quantitative estimate of drug-likeness (QED) is 0.480. The molecular weight excluding hydrogens is 478 g/mol. The fourth-order valence-electron chi connectivity index (χ4n) is 4.47. The van der Waals surface area contributed by atoms with E-state index in [-0.39, 0.29) is 17.0 Å². The van der Waals surface area contributed by atoms with Crippen molar-refractivity contribution in [2.24, 2.45) is 11.8 Å². The Bertz CT molecular complexity index is 1310. The Balaban J connectivity index is 1.77. The molecule has 1 fully saturated rings. The van der Waals surface area contributed by atoms with Gasteiger partial charge in [-0.25, -0.2) is 4.98 Å². The van der Waals surface area contributed by atoms with Crippen LogP contribution in [0.25, 0.3) is 11.8 Å². The first kappa shape index (κ1) is 27.1. The third-order valence-electron chi connectivity index (χ3n) is 5.79. The minimum atomic E-state index is -0.512. The number of likely N-dealkylation sites (tertiary alicyclic amines) is 1. The van der Waals surface area contributed by atoms with Crippen molar-refractivity contribution in [1.82, 2.24) is 19.8 Å². The largest absolute Gasteiger partial charge is 0.352 e. The van der Waals surface area contributed by atoms with Crippen LogP contribution in [0.4, 0.5) is 11.6 Å². The lowest BCUT2D eigenvalue weighted by atomic mass is 9.92. The Hall–Kier alpha value is -3.49. The van der Waals surface area contributed by atoms with Crippen molar-refractivity contribution in [2.75, 3.05) is 36.8 Å². The van der Waals surface area contributed by atoms with Crippen LogP contribution in [0, 0.1) is 23.2 Å². The van der Waals surface area contributed by atoms with Crippen molar-refractivity contribution in [2.45, 2.75) is 40.7 Å². The molecule has 2 atom stereocenters. The Kier molecular flexibility index (Phi) is 9.38. The van der Waals surface area contributed by atoms with E-state index in [0.717, 1.165) is 24.4 Å². The molecule has 0 radical (unpaired) electrons. The lowest BCUT2D eigenvalue weighted by molar-refractivity contribution is -0.118. The van der Waals surface area contributed by atoms with Gasteiger partial charge in [0.25, 0.3) is 11.5 Å². The van der Waals surface area contributed by atoms with Crippen molar-refractivity contribution >= 4 is 46.6 Å². The lowest BCUT2D eigenvalue weighted by Crippen LogP contribution is -2.42. The molecule has 36 heavy (non-hydrogen) atoms. The Morgan fingerprint density at radius 2 is 1.92 bits per heavy atom. The van der Waals surface area contributed by atoms with Gasteiger partial charge >= 0.3 is 0 Å². The molecule has 2 aromatic rings. The Morgan fingerprint density at radius 3 is 2.56 bits per heavy atom. The van der Waals surface area contributed by atoms with Crippen LogP contribution >= 0.6 is 11.3 Å². The molecule has 0 aliphatic carbocycles. The molecule has 0 aromatic carbocycles. The van der Waals surface area contributed by atoms with Gasteiger partial charge in [-0.05, 0) is 44.2 Å². The molecule has 0 bridgehead atoms. The summed E-state index contributed by atoms with van der Waals surface area (Å²) in [4.78, 5) is 44.3. The van der Waals surface area contributed by atoms with Crippen molar-refractivity contribution in [3.63, 3.8) is 0 Å². The maximum absolute atomic E-state index is 12.9. The van der Waals surface area contributed by atoms with Crippen molar-refractivity contribution in [1.29, 1.82) is 5.26 Å². The van der Waals surface area contributed by atoms with Crippen LogP contribution < -0.4 is 30.7 Å². The van der Waals surface area contributed by atoms with E-state index in [9.17, 15) is 19.6 Å². The highest BCUT2D eigenvalue weighted by Gasteiger charge is 2.23. The van der Waals surface area contributed by atoms with Crippen LogP contribution in [0.15, 0.2) is 23.0 Å². The lowest BCUT2D eigenvalue weighted by Gasteiger charge is -2.34. The van der Waals surface area contributed by atoms with Crippen LogP contribution in [0.5, 0.6) is 0 Å². The minimum Gasteiger partial charge on any atom is -0.352 e. The first-order valence-electron chi connectivity index (χ1n) is 12.1. The molecule has 0 spiro atoms. The molecule has 192 valence electrons. The van der Waals surface area contributed by atoms with E-state index in [1.54, 1.807) is 32.0 Å². The van der Waals surface area contributed by atoms with Crippen LogP contribution in [-0.2, 0) is 16.1 Å². The number of nitriles is 1. The molecule has 3 rings (SSSR count). The number of nitrogens with zero attached hydrogens (tertiary/aromatic N) is 4. The smallest absolute Gasteiger partial charge is 0.270 e. The second-order valence-corrected chi connectivity index (χ2v) is 10.1. The molecule has 0 saturated carbocycles. The number of anilines is 2. The summed E-state index contributed by atoms with van der Waals surface area (Å²) in [5, 5.41) is 17.9. The summed E-state index contributed by atoms with van der Waals surface area (Å²) < 4.78 is 2.03. The average molecular weight is 512 g/mol. The SMILES string of the molecule is CCNC(=O)/C(C#N)=c1\s/c(=C/Nc2cccc(NC(=O)CN3CC(C)CC(C)C3)n2)c(=O)n1CC. The number of carbonyl (C=O) groups excluding carboxylic acids is 2. The fourth-order valence-corrected chi connectivity index (χ4v) is 5.55. The van der Waals surface area contributed by atoms with E-state index in [1.165, 1.54) is 17.2 Å². The zero-order chi connectivity index (χ0) is 26.2. The molecular formula is C25H33N7O3S. The Morgan fingerprint density at radius 1 is 1.22 bits per heavy atom. The van der Waals surface area contributed by atoms with Crippen molar-refractivity contribution < 1.29 is 9.59 Å². The maximum Gasteiger partial charge on any atom is 0.270 e.